The first-order valence-electron chi connectivity index (χ1n) is 11.2. The standard InChI is InChI=1S/C25H26BrN5O2S2/c1-5-31-23(17(4)33-21-8-6-7-15(2)16(21)3)29-30-25(31)35-14-22(32)28-24-27-20(13-34-24)18-9-11-19(26)12-10-18/h6-13,17H,5,14H2,1-4H3,(H,27,28,32). The molecule has 4 rings (SSSR count). The highest BCUT2D eigenvalue weighted by Crippen LogP contribution is 2.29. The molecule has 35 heavy (non-hydrogen) atoms. The number of ether oxygens (including phenoxy) is 1. The lowest BCUT2D eigenvalue weighted by Crippen LogP contribution is -2.15. The number of carbonyl (C=O) groups is 1. The number of thioether (sulfide) groups is 1. The number of thiazole rings is 1. The van der Waals surface area contributed by atoms with Gasteiger partial charge in [0, 0.05) is 22.0 Å². The third-order valence-corrected chi connectivity index (χ3v) is 7.76. The number of nitrogens with zero attached hydrogens (tertiary/aromatic N) is 4. The van der Waals surface area contributed by atoms with Gasteiger partial charge in [-0.3, -0.25) is 4.79 Å². The van der Waals surface area contributed by atoms with E-state index in [1.165, 1.54) is 28.7 Å². The zero-order valence-corrected chi connectivity index (χ0v) is 23.1. The SMILES string of the molecule is CCn1c(SCC(=O)Nc2nc(-c3ccc(Br)cc3)cs2)nnc1C(C)Oc1cccc(C)c1C. The number of hydrogen-bond donors (Lipinski definition) is 1. The Balaban J connectivity index is 1.37. The van der Waals surface area contributed by atoms with Crippen molar-refractivity contribution in [3.8, 4) is 17.0 Å². The van der Waals surface area contributed by atoms with Crippen LogP contribution in [0.3, 0.4) is 0 Å². The molecular formula is C25H26BrN5O2S2. The number of carbonyl (C=O) groups excluding carboxylic acids is 1. The van der Waals surface area contributed by atoms with Crippen molar-refractivity contribution < 1.29 is 9.53 Å². The van der Waals surface area contributed by atoms with Gasteiger partial charge in [0.1, 0.15) is 5.75 Å². The molecule has 0 radical (unpaired) electrons. The van der Waals surface area contributed by atoms with Gasteiger partial charge < -0.3 is 14.6 Å². The third kappa shape index (κ3) is 6.12. The van der Waals surface area contributed by atoms with E-state index in [0.29, 0.717) is 16.8 Å². The van der Waals surface area contributed by atoms with E-state index in [1.54, 1.807) is 0 Å². The fourth-order valence-electron chi connectivity index (χ4n) is 3.47. The van der Waals surface area contributed by atoms with E-state index in [1.807, 2.05) is 67.1 Å². The summed E-state index contributed by atoms with van der Waals surface area (Å²) in [6.45, 7) is 8.78. The fourth-order valence-corrected chi connectivity index (χ4v) is 5.28. The molecule has 0 bridgehead atoms. The maximum Gasteiger partial charge on any atom is 0.236 e. The number of halogens is 1. The van der Waals surface area contributed by atoms with Crippen molar-refractivity contribution in [3.63, 3.8) is 0 Å². The molecule has 1 atom stereocenters. The Bertz CT molecular complexity index is 1320. The lowest BCUT2D eigenvalue weighted by atomic mass is 10.1. The third-order valence-electron chi connectivity index (χ3n) is 5.51. The van der Waals surface area contributed by atoms with Crippen LogP contribution in [-0.4, -0.2) is 31.4 Å². The first-order valence-corrected chi connectivity index (χ1v) is 13.8. The number of anilines is 1. The Morgan fingerprint density at radius 3 is 2.71 bits per heavy atom. The molecule has 1 unspecified atom stereocenters. The molecule has 0 saturated heterocycles. The van der Waals surface area contributed by atoms with E-state index in [0.717, 1.165) is 32.9 Å². The fraction of sp³-hybridized carbons (Fsp3) is 0.280. The van der Waals surface area contributed by atoms with Crippen LogP contribution in [0.5, 0.6) is 5.75 Å². The predicted octanol–water partition coefficient (Wildman–Crippen LogP) is 6.67. The Labute approximate surface area is 221 Å². The maximum absolute atomic E-state index is 12.6. The van der Waals surface area contributed by atoms with Crippen molar-refractivity contribution in [2.75, 3.05) is 11.1 Å². The van der Waals surface area contributed by atoms with Gasteiger partial charge in [-0.1, -0.05) is 52.0 Å². The minimum absolute atomic E-state index is 0.140. The molecular weight excluding hydrogens is 546 g/mol. The normalized spacial score (nSPS) is 11.9. The first kappa shape index (κ1) is 25.4. The largest absolute Gasteiger partial charge is 0.482 e. The minimum Gasteiger partial charge on any atom is -0.482 e. The molecule has 4 aromatic rings. The van der Waals surface area contributed by atoms with Gasteiger partial charge in [0.15, 0.2) is 22.2 Å². The minimum atomic E-state index is -0.279. The van der Waals surface area contributed by atoms with Gasteiger partial charge in [0.25, 0.3) is 0 Å². The van der Waals surface area contributed by atoms with E-state index in [-0.39, 0.29) is 17.8 Å². The van der Waals surface area contributed by atoms with Gasteiger partial charge in [0.2, 0.25) is 5.91 Å². The van der Waals surface area contributed by atoms with Crippen LogP contribution >= 0.6 is 39.0 Å². The summed E-state index contributed by atoms with van der Waals surface area (Å²) in [5.74, 6) is 1.63. The van der Waals surface area contributed by atoms with Gasteiger partial charge in [-0.05, 0) is 57.0 Å². The van der Waals surface area contributed by atoms with E-state index in [2.05, 4.69) is 49.4 Å². The second kappa shape index (κ2) is 11.4. The van der Waals surface area contributed by atoms with E-state index >= 15 is 0 Å². The summed E-state index contributed by atoms with van der Waals surface area (Å²) in [5.41, 5.74) is 4.12. The summed E-state index contributed by atoms with van der Waals surface area (Å²) >= 11 is 6.19. The van der Waals surface area contributed by atoms with Gasteiger partial charge in [-0.2, -0.15) is 0 Å². The second-order valence-corrected chi connectivity index (χ2v) is 10.6. The van der Waals surface area contributed by atoms with Crippen LogP contribution in [0.25, 0.3) is 11.3 Å². The van der Waals surface area contributed by atoms with E-state index in [9.17, 15) is 4.79 Å². The highest BCUT2D eigenvalue weighted by atomic mass is 79.9. The van der Waals surface area contributed by atoms with Crippen LogP contribution in [0.1, 0.15) is 36.9 Å². The highest BCUT2D eigenvalue weighted by molar-refractivity contribution is 9.10. The second-order valence-electron chi connectivity index (χ2n) is 7.92. The first-order chi connectivity index (χ1) is 16.9. The van der Waals surface area contributed by atoms with Gasteiger partial charge in [-0.25, -0.2) is 4.98 Å². The summed E-state index contributed by atoms with van der Waals surface area (Å²) in [6, 6.07) is 13.9. The molecule has 0 aliphatic heterocycles. The van der Waals surface area contributed by atoms with Crippen LogP contribution in [-0.2, 0) is 11.3 Å². The van der Waals surface area contributed by atoms with Crippen molar-refractivity contribution >= 4 is 50.1 Å². The summed E-state index contributed by atoms with van der Waals surface area (Å²) < 4.78 is 9.20. The summed E-state index contributed by atoms with van der Waals surface area (Å²) in [7, 11) is 0. The average molecular weight is 573 g/mol. The number of amides is 1. The Morgan fingerprint density at radius 2 is 1.97 bits per heavy atom. The molecule has 2 aromatic heterocycles. The Hall–Kier alpha value is -2.69. The summed E-state index contributed by atoms with van der Waals surface area (Å²) in [6.07, 6.45) is -0.279. The number of aryl methyl sites for hydroxylation is 1. The summed E-state index contributed by atoms with van der Waals surface area (Å²) in [5, 5.41) is 14.8. The summed E-state index contributed by atoms with van der Waals surface area (Å²) in [4.78, 5) is 17.1. The number of benzene rings is 2. The van der Waals surface area contributed by atoms with Crippen molar-refractivity contribution in [2.24, 2.45) is 0 Å². The Kier molecular flexibility index (Phi) is 8.25. The Morgan fingerprint density at radius 1 is 1.20 bits per heavy atom. The molecule has 2 heterocycles. The molecule has 1 amide bonds. The highest BCUT2D eigenvalue weighted by Gasteiger charge is 2.20. The van der Waals surface area contributed by atoms with Gasteiger partial charge >= 0.3 is 0 Å². The quantitative estimate of drug-likeness (QED) is 0.226. The number of hydrogen-bond acceptors (Lipinski definition) is 7. The number of rotatable bonds is 9. The molecule has 0 fully saturated rings. The zero-order valence-electron chi connectivity index (χ0n) is 19.9. The average Bonchev–Trinajstić information content (AvgIpc) is 3.48. The molecule has 10 heteroatoms. The number of nitrogens with one attached hydrogen (secondary N) is 1. The molecule has 182 valence electrons. The van der Waals surface area contributed by atoms with Crippen molar-refractivity contribution in [2.45, 2.75) is 45.5 Å². The van der Waals surface area contributed by atoms with E-state index in [4.69, 9.17) is 4.74 Å². The molecule has 0 spiro atoms. The smallest absolute Gasteiger partial charge is 0.236 e. The van der Waals surface area contributed by atoms with Crippen LogP contribution in [0.15, 0.2) is 57.5 Å². The predicted molar refractivity (Wildman–Crippen MR) is 145 cm³/mol. The maximum atomic E-state index is 12.6. The van der Waals surface area contributed by atoms with Crippen LogP contribution in [0.2, 0.25) is 0 Å². The molecule has 7 nitrogen and oxygen atoms in total. The van der Waals surface area contributed by atoms with Crippen LogP contribution in [0, 0.1) is 13.8 Å². The van der Waals surface area contributed by atoms with Gasteiger partial charge in [0.05, 0.1) is 11.4 Å². The number of aromatic nitrogens is 4. The lowest BCUT2D eigenvalue weighted by Gasteiger charge is -2.17. The van der Waals surface area contributed by atoms with Gasteiger partial charge in [-0.15, -0.1) is 21.5 Å². The van der Waals surface area contributed by atoms with Crippen molar-refractivity contribution in [3.05, 3.63) is 69.3 Å². The molecule has 0 saturated carbocycles. The zero-order chi connectivity index (χ0) is 24.9. The molecule has 2 aromatic carbocycles. The van der Waals surface area contributed by atoms with Crippen LogP contribution in [0.4, 0.5) is 5.13 Å². The molecule has 1 N–H and O–H groups in total. The molecule has 0 aliphatic carbocycles. The van der Waals surface area contributed by atoms with Crippen molar-refractivity contribution in [1.29, 1.82) is 0 Å². The van der Waals surface area contributed by atoms with E-state index < -0.39 is 0 Å². The lowest BCUT2D eigenvalue weighted by molar-refractivity contribution is -0.113. The monoisotopic (exact) mass is 571 g/mol. The molecule has 0 aliphatic rings. The topological polar surface area (TPSA) is 81.9 Å². The van der Waals surface area contributed by atoms with Crippen molar-refractivity contribution in [1.82, 2.24) is 19.7 Å². The van der Waals surface area contributed by atoms with Crippen LogP contribution < -0.4 is 10.1 Å².